The second-order valence-corrected chi connectivity index (χ2v) is 6.75. The number of hydrogen-bond acceptors (Lipinski definition) is 4. The fourth-order valence-electron chi connectivity index (χ4n) is 3.81. The van der Waals surface area contributed by atoms with Crippen molar-refractivity contribution in [1.29, 1.82) is 0 Å². The minimum Gasteiger partial charge on any atom is -0.496 e. The lowest BCUT2D eigenvalue weighted by molar-refractivity contribution is -0.131. The molecule has 0 radical (unpaired) electrons. The van der Waals surface area contributed by atoms with E-state index in [9.17, 15) is 4.79 Å². The number of likely N-dealkylation sites (tertiary alicyclic amines) is 1. The van der Waals surface area contributed by atoms with E-state index in [-0.39, 0.29) is 11.5 Å². The van der Waals surface area contributed by atoms with Gasteiger partial charge in [-0.3, -0.25) is 9.78 Å². The predicted octanol–water partition coefficient (Wildman–Crippen LogP) is 2.77. The van der Waals surface area contributed by atoms with Gasteiger partial charge in [0.05, 0.1) is 24.9 Å². The van der Waals surface area contributed by atoms with Crippen LogP contribution in [0.2, 0.25) is 0 Å². The van der Waals surface area contributed by atoms with E-state index >= 15 is 0 Å². The summed E-state index contributed by atoms with van der Waals surface area (Å²) < 4.78 is 11.4. The highest BCUT2D eigenvalue weighted by atomic mass is 16.5. The number of pyridine rings is 1. The Balaban J connectivity index is 1.76. The molecule has 0 aromatic carbocycles. The molecule has 1 spiro atoms. The maximum absolute atomic E-state index is 12.5. The lowest BCUT2D eigenvalue weighted by atomic mass is 9.92. The molecule has 0 unspecified atom stereocenters. The van der Waals surface area contributed by atoms with Crippen LogP contribution in [0.25, 0.3) is 0 Å². The van der Waals surface area contributed by atoms with Crippen LogP contribution >= 0.6 is 0 Å². The third kappa shape index (κ3) is 3.20. The largest absolute Gasteiger partial charge is 0.496 e. The predicted molar refractivity (Wildman–Crippen MR) is 87.4 cm³/mol. The number of rotatable bonds is 3. The minimum absolute atomic E-state index is 0.0577. The molecule has 3 heterocycles. The Hall–Kier alpha value is -1.62. The molecule has 126 valence electrons. The molecule has 1 atom stereocenters. The van der Waals surface area contributed by atoms with Crippen LogP contribution in [0.5, 0.6) is 5.75 Å². The molecule has 1 aromatic rings. The highest BCUT2D eigenvalue weighted by Gasteiger charge is 2.38. The molecule has 2 aliphatic heterocycles. The molecular formula is C18H26N2O3. The van der Waals surface area contributed by atoms with Crippen LogP contribution in [-0.2, 0) is 16.1 Å². The smallest absolute Gasteiger partial charge is 0.223 e. The fraction of sp³-hybridized carbons (Fsp3) is 0.667. The van der Waals surface area contributed by atoms with E-state index in [4.69, 9.17) is 9.47 Å². The van der Waals surface area contributed by atoms with Gasteiger partial charge in [0.15, 0.2) is 0 Å². The monoisotopic (exact) mass is 318 g/mol. The number of amides is 1. The van der Waals surface area contributed by atoms with Gasteiger partial charge in [0.1, 0.15) is 5.75 Å². The summed E-state index contributed by atoms with van der Waals surface area (Å²) >= 11 is 0. The first-order chi connectivity index (χ1) is 11.0. The van der Waals surface area contributed by atoms with Crippen molar-refractivity contribution in [2.45, 2.75) is 58.1 Å². The Morgan fingerprint density at radius 1 is 1.35 bits per heavy atom. The van der Waals surface area contributed by atoms with Crippen molar-refractivity contribution in [2.75, 3.05) is 20.3 Å². The van der Waals surface area contributed by atoms with Gasteiger partial charge in [-0.15, -0.1) is 0 Å². The highest BCUT2D eigenvalue weighted by molar-refractivity contribution is 5.76. The summed E-state index contributed by atoms with van der Waals surface area (Å²) in [7, 11) is 1.68. The average Bonchev–Trinajstić information content (AvgIpc) is 2.94. The average molecular weight is 318 g/mol. The summed E-state index contributed by atoms with van der Waals surface area (Å²) in [6.45, 7) is 6.14. The fourth-order valence-corrected chi connectivity index (χ4v) is 3.81. The second kappa shape index (κ2) is 6.48. The first-order valence-corrected chi connectivity index (χ1v) is 8.45. The van der Waals surface area contributed by atoms with Gasteiger partial charge in [-0.2, -0.15) is 0 Å². The van der Waals surface area contributed by atoms with Gasteiger partial charge in [0, 0.05) is 36.9 Å². The molecule has 1 amide bonds. The molecule has 5 heteroatoms. The van der Waals surface area contributed by atoms with Crippen molar-refractivity contribution >= 4 is 5.91 Å². The van der Waals surface area contributed by atoms with E-state index in [0.29, 0.717) is 13.0 Å². The van der Waals surface area contributed by atoms with Crippen molar-refractivity contribution in [3.05, 3.63) is 23.0 Å². The van der Waals surface area contributed by atoms with E-state index in [1.54, 1.807) is 7.11 Å². The molecular weight excluding hydrogens is 292 g/mol. The second-order valence-electron chi connectivity index (χ2n) is 6.75. The summed E-state index contributed by atoms with van der Waals surface area (Å²) in [5, 5.41) is 0. The number of aryl methyl sites for hydroxylation is 1. The third-order valence-electron chi connectivity index (χ3n) is 5.26. The summed E-state index contributed by atoms with van der Waals surface area (Å²) in [4.78, 5) is 19.0. The molecule has 0 aliphatic carbocycles. The van der Waals surface area contributed by atoms with Gasteiger partial charge in [0.25, 0.3) is 0 Å². The highest BCUT2D eigenvalue weighted by Crippen LogP contribution is 2.36. The zero-order valence-electron chi connectivity index (χ0n) is 14.4. The quantitative estimate of drug-likeness (QED) is 0.860. The number of methoxy groups -OCH3 is 1. The maximum Gasteiger partial charge on any atom is 0.223 e. The van der Waals surface area contributed by atoms with E-state index in [1.807, 2.05) is 24.9 Å². The van der Waals surface area contributed by atoms with Crippen molar-refractivity contribution in [3.8, 4) is 5.75 Å². The van der Waals surface area contributed by atoms with Crippen LogP contribution in [0.15, 0.2) is 6.20 Å². The molecule has 2 saturated heterocycles. The number of hydrogen-bond donors (Lipinski definition) is 0. The van der Waals surface area contributed by atoms with Gasteiger partial charge >= 0.3 is 0 Å². The Morgan fingerprint density at radius 3 is 2.87 bits per heavy atom. The van der Waals surface area contributed by atoms with Gasteiger partial charge < -0.3 is 14.4 Å². The van der Waals surface area contributed by atoms with Crippen molar-refractivity contribution in [1.82, 2.24) is 9.88 Å². The van der Waals surface area contributed by atoms with Crippen molar-refractivity contribution in [3.63, 3.8) is 0 Å². The summed E-state index contributed by atoms with van der Waals surface area (Å²) in [5.41, 5.74) is 2.91. The third-order valence-corrected chi connectivity index (χ3v) is 5.26. The molecule has 2 aliphatic rings. The Labute approximate surface area is 138 Å². The van der Waals surface area contributed by atoms with Crippen LogP contribution in [0.1, 0.15) is 48.9 Å². The minimum atomic E-state index is -0.0577. The van der Waals surface area contributed by atoms with Crippen LogP contribution in [-0.4, -0.2) is 41.7 Å². The van der Waals surface area contributed by atoms with Gasteiger partial charge in [0.2, 0.25) is 5.91 Å². The van der Waals surface area contributed by atoms with Gasteiger partial charge in [-0.05, 0) is 39.5 Å². The number of carbonyl (C=O) groups excluding carboxylic acids is 1. The Morgan fingerprint density at radius 2 is 2.17 bits per heavy atom. The number of ether oxygens (including phenoxy) is 2. The molecule has 0 saturated carbocycles. The molecule has 3 rings (SSSR count). The van der Waals surface area contributed by atoms with Crippen LogP contribution < -0.4 is 4.74 Å². The van der Waals surface area contributed by atoms with E-state index in [0.717, 1.165) is 61.4 Å². The lowest BCUT2D eigenvalue weighted by Gasteiger charge is -2.27. The maximum atomic E-state index is 12.5. The Bertz CT molecular complexity index is 594. The zero-order valence-corrected chi connectivity index (χ0v) is 14.4. The molecule has 0 N–H and O–H groups in total. The van der Waals surface area contributed by atoms with E-state index in [2.05, 4.69) is 4.98 Å². The van der Waals surface area contributed by atoms with Crippen molar-refractivity contribution < 1.29 is 14.3 Å². The van der Waals surface area contributed by atoms with Gasteiger partial charge in [-0.1, -0.05) is 0 Å². The number of aromatic nitrogens is 1. The summed E-state index contributed by atoms with van der Waals surface area (Å²) in [6, 6.07) is 0. The zero-order chi connectivity index (χ0) is 16.4. The van der Waals surface area contributed by atoms with E-state index in [1.165, 1.54) is 0 Å². The first kappa shape index (κ1) is 16.2. The molecule has 23 heavy (non-hydrogen) atoms. The molecule has 2 fully saturated rings. The summed E-state index contributed by atoms with van der Waals surface area (Å²) in [6.07, 6.45) is 6.38. The topological polar surface area (TPSA) is 51.7 Å². The standard InChI is InChI=1S/C18H26N2O3/c1-13-11-19-15(14(2)17(13)22-3)12-20-9-8-18(6-4-10-23-18)7-5-16(20)21/h11H,4-10,12H2,1-3H3/t18-/m1/s1. The molecule has 5 nitrogen and oxygen atoms in total. The molecule has 1 aromatic heterocycles. The summed E-state index contributed by atoms with van der Waals surface area (Å²) in [5.74, 6) is 1.07. The van der Waals surface area contributed by atoms with Crippen molar-refractivity contribution in [2.24, 2.45) is 0 Å². The normalized spacial score (nSPS) is 25.0. The van der Waals surface area contributed by atoms with Crippen LogP contribution in [0.3, 0.4) is 0 Å². The molecule has 0 bridgehead atoms. The van der Waals surface area contributed by atoms with Gasteiger partial charge in [-0.25, -0.2) is 0 Å². The number of nitrogens with zero attached hydrogens (tertiary/aromatic N) is 2. The van der Waals surface area contributed by atoms with E-state index < -0.39 is 0 Å². The lowest BCUT2D eigenvalue weighted by Crippen LogP contribution is -2.32. The number of carbonyl (C=O) groups is 1. The first-order valence-electron chi connectivity index (χ1n) is 8.45. The van der Waals surface area contributed by atoms with Crippen LogP contribution in [0, 0.1) is 13.8 Å². The SMILES string of the molecule is COc1c(C)cnc(CN2CC[C@@]3(CCCO3)CCC2=O)c1C. The Kier molecular flexibility index (Phi) is 4.57. The van der Waals surface area contributed by atoms with Crippen LogP contribution in [0.4, 0.5) is 0 Å².